The van der Waals surface area contributed by atoms with Crippen molar-refractivity contribution >= 4 is 11.8 Å². The van der Waals surface area contributed by atoms with Gasteiger partial charge in [0.05, 0.1) is 0 Å². The molecule has 4 heteroatoms. The Kier molecular flexibility index (Phi) is 0.614. The average Bonchev–Trinajstić information content (AvgIpc) is 1.73. The smallest absolute Gasteiger partial charge is 0.228 e. The highest BCUT2D eigenvalue weighted by molar-refractivity contribution is 8.08. The topological polar surface area (TPSA) is 0 Å². The number of halogens is 3. The van der Waals surface area contributed by atoms with Crippen molar-refractivity contribution in [2.45, 2.75) is 10.8 Å². The summed E-state index contributed by atoms with van der Waals surface area (Å²) >= 11 is 0.0486. The Morgan fingerprint density at radius 1 is 1.50 bits per heavy atom. The van der Waals surface area contributed by atoms with Gasteiger partial charge in [-0.3, -0.25) is 0 Å². The molecule has 1 saturated heterocycles. The molecule has 0 N–H and O–H groups in total. The van der Waals surface area contributed by atoms with E-state index < -0.39 is 10.8 Å². The largest absolute Gasteiger partial charge is 0.336 e. The van der Waals surface area contributed by atoms with Crippen molar-refractivity contribution in [2.24, 2.45) is 0 Å². The SMILES string of the molecule is FC1SC1(F)F. The van der Waals surface area contributed by atoms with Crippen LogP contribution in [0, 0.1) is 0 Å². The van der Waals surface area contributed by atoms with Gasteiger partial charge in [0.15, 0.2) is 0 Å². The van der Waals surface area contributed by atoms with Crippen LogP contribution >= 0.6 is 11.8 Å². The lowest BCUT2D eigenvalue weighted by Crippen LogP contribution is -1.89. The molecule has 1 unspecified atom stereocenters. The Morgan fingerprint density at radius 3 is 1.67 bits per heavy atom. The van der Waals surface area contributed by atoms with Gasteiger partial charge in [-0.25, -0.2) is 4.39 Å². The summed E-state index contributed by atoms with van der Waals surface area (Å²) in [6.45, 7) is 0. The molecule has 1 rings (SSSR count). The van der Waals surface area contributed by atoms with Crippen molar-refractivity contribution in [1.82, 2.24) is 0 Å². The van der Waals surface area contributed by atoms with E-state index in [2.05, 4.69) is 0 Å². The molecule has 0 aromatic carbocycles. The maximum absolute atomic E-state index is 11.1. The summed E-state index contributed by atoms with van der Waals surface area (Å²) in [4.78, 5) is 0. The summed E-state index contributed by atoms with van der Waals surface area (Å²) in [6, 6.07) is 0. The van der Waals surface area contributed by atoms with Gasteiger partial charge in [0.25, 0.3) is 0 Å². The third-order valence-electron chi connectivity index (χ3n) is 0.468. The van der Waals surface area contributed by atoms with Crippen LogP contribution in [0.2, 0.25) is 0 Å². The van der Waals surface area contributed by atoms with Crippen molar-refractivity contribution in [3.8, 4) is 0 Å². The molecule has 0 radical (unpaired) electrons. The molecule has 0 aromatic rings. The predicted molar refractivity (Wildman–Crippen MR) is 17.4 cm³/mol. The van der Waals surface area contributed by atoms with Crippen molar-refractivity contribution in [1.29, 1.82) is 0 Å². The lowest BCUT2D eigenvalue weighted by Gasteiger charge is -1.76. The van der Waals surface area contributed by atoms with Gasteiger partial charge in [0.2, 0.25) is 5.50 Å². The fourth-order valence-electron chi connectivity index (χ4n) is 0.104. The first-order chi connectivity index (χ1) is 2.63. The Labute approximate surface area is 36.7 Å². The summed E-state index contributed by atoms with van der Waals surface area (Å²) in [6.07, 6.45) is 0. The molecule has 0 nitrogen and oxygen atoms in total. The van der Waals surface area contributed by atoms with Crippen LogP contribution in [0.15, 0.2) is 0 Å². The summed E-state index contributed by atoms with van der Waals surface area (Å²) in [7, 11) is 0. The first-order valence-corrected chi connectivity index (χ1v) is 2.20. The lowest BCUT2D eigenvalue weighted by atomic mass is 10.8. The Balaban J connectivity index is 2.41. The fraction of sp³-hybridized carbons (Fsp3) is 1.00. The van der Waals surface area contributed by atoms with Crippen molar-refractivity contribution in [2.75, 3.05) is 0 Å². The quantitative estimate of drug-likeness (QED) is 0.431. The minimum Gasteiger partial charge on any atom is -0.228 e. The summed E-state index contributed by atoms with van der Waals surface area (Å²) in [5, 5.41) is -3.04. The number of rotatable bonds is 0. The van der Waals surface area contributed by atoms with Gasteiger partial charge >= 0.3 is 5.25 Å². The number of hydrogen-bond acceptors (Lipinski definition) is 1. The van der Waals surface area contributed by atoms with Crippen LogP contribution in [0.4, 0.5) is 13.2 Å². The molecule has 0 aromatic heterocycles. The van der Waals surface area contributed by atoms with Gasteiger partial charge in [0.1, 0.15) is 0 Å². The van der Waals surface area contributed by atoms with Gasteiger partial charge in [-0.2, -0.15) is 8.78 Å². The molecule has 1 aliphatic rings. The number of thioether (sulfide) groups is 1. The molecule has 6 heavy (non-hydrogen) atoms. The molecule has 0 aliphatic carbocycles. The van der Waals surface area contributed by atoms with Crippen LogP contribution in [-0.4, -0.2) is 10.8 Å². The second-order valence-electron chi connectivity index (χ2n) is 0.996. The van der Waals surface area contributed by atoms with E-state index >= 15 is 0 Å². The zero-order valence-corrected chi connectivity index (χ0v) is 3.44. The van der Waals surface area contributed by atoms with Crippen molar-refractivity contribution in [3.63, 3.8) is 0 Å². The van der Waals surface area contributed by atoms with Gasteiger partial charge in [-0.15, -0.1) is 0 Å². The number of alkyl halides is 3. The normalized spacial score (nSPS) is 39.5. The van der Waals surface area contributed by atoms with E-state index in [-0.39, 0.29) is 11.8 Å². The van der Waals surface area contributed by atoms with E-state index in [1.54, 1.807) is 0 Å². The average molecular weight is 114 g/mol. The lowest BCUT2D eigenvalue weighted by molar-refractivity contribution is 0.105. The third kappa shape index (κ3) is 0.489. The monoisotopic (exact) mass is 114 g/mol. The maximum atomic E-state index is 11.1. The van der Waals surface area contributed by atoms with Crippen molar-refractivity contribution < 1.29 is 13.2 Å². The highest BCUT2D eigenvalue weighted by Crippen LogP contribution is 2.56. The van der Waals surface area contributed by atoms with E-state index in [0.717, 1.165) is 0 Å². The third-order valence-corrected chi connectivity index (χ3v) is 1.24. The highest BCUT2D eigenvalue weighted by atomic mass is 32.2. The first kappa shape index (κ1) is 4.30. The predicted octanol–water partition coefficient (Wildman–Crippen LogP) is 1.62. The Hall–Kier alpha value is 0.140. The Bertz CT molecular complexity index is 71.2. The van der Waals surface area contributed by atoms with E-state index in [1.165, 1.54) is 0 Å². The zero-order chi connectivity index (χ0) is 4.78. The van der Waals surface area contributed by atoms with Crippen LogP contribution in [-0.2, 0) is 0 Å². The van der Waals surface area contributed by atoms with E-state index in [4.69, 9.17) is 0 Å². The maximum Gasteiger partial charge on any atom is 0.336 e. The van der Waals surface area contributed by atoms with Gasteiger partial charge in [-0.1, -0.05) is 0 Å². The number of hydrogen-bond donors (Lipinski definition) is 0. The van der Waals surface area contributed by atoms with Crippen LogP contribution in [0.1, 0.15) is 0 Å². The van der Waals surface area contributed by atoms with Crippen LogP contribution < -0.4 is 0 Å². The molecule has 0 amide bonds. The fourth-order valence-corrected chi connectivity index (χ4v) is 0.312. The molecule has 36 valence electrons. The van der Waals surface area contributed by atoms with Crippen molar-refractivity contribution in [3.05, 3.63) is 0 Å². The standard InChI is InChI=1S/C2HF3S/c3-1-2(4,5)6-1/h1H. The van der Waals surface area contributed by atoms with Crippen LogP contribution in [0.5, 0.6) is 0 Å². The van der Waals surface area contributed by atoms with Gasteiger partial charge in [-0.05, 0) is 11.8 Å². The summed E-state index contributed by atoms with van der Waals surface area (Å²) < 4.78 is 33.3. The molecule has 0 saturated carbocycles. The molecular formula is C2HF3S. The van der Waals surface area contributed by atoms with Crippen LogP contribution in [0.25, 0.3) is 0 Å². The minimum absolute atomic E-state index is 0.0486. The molecule has 0 bridgehead atoms. The van der Waals surface area contributed by atoms with Gasteiger partial charge in [0, 0.05) is 0 Å². The van der Waals surface area contributed by atoms with E-state index in [0.29, 0.717) is 0 Å². The zero-order valence-electron chi connectivity index (χ0n) is 2.62. The van der Waals surface area contributed by atoms with Gasteiger partial charge < -0.3 is 0 Å². The minimum atomic E-state index is -3.04. The summed E-state index contributed by atoms with van der Waals surface area (Å²) in [5.41, 5.74) is -1.92. The van der Waals surface area contributed by atoms with E-state index in [1.807, 2.05) is 0 Å². The highest BCUT2D eigenvalue weighted by Gasteiger charge is 2.60. The molecular weight excluding hydrogens is 113 g/mol. The molecule has 1 fully saturated rings. The van der Waals surface area contributed by atoms with E-state index in [9.17, 15) is 13.2 Å². The Morgan fingerprint density at radius 2 is 1.67 bits per heavy atom. The second kappa shape index (κ2) is 0.857. The second-order valence-corrected chi connectivity index (χ2v) is 2.19. The molecule has 1 aliphatic heterocycles. The van der Waals surface area contributed by atoms with Crippen LogP contribution in [0.3, 0.4) is 0 Å². The molecule has 1 atom stereocenters. The summed E-state index contributed by atoms with van der Waals surface area (Å²) in [5.74, 6) is 0. The molecule has 0 spiro atoms. The molecule has 1 heterocycles. The first-order valence-electron chi connectivity index (χ1n) is 1.32.